The minimum Gasteiger partial charge on any atom is -0.350 e. The second-order valence-corrected chi connectivity index (χ2v) is 5.51. The van der Waals surface area contributed by atoms with E-state index in [1.165, 1.54) is 12.1 Å². The van der Waals surface area contributed by atoms with Gasteiger partial charge in [0.05, 0.1) is 4.92 Å². The number of nitro benzene ring substituents is 1. The van der Waals surface area contributed by atoms with Gasteiger partial charge in [0, 0.05) is 35.3 Å². The molecule has 1 aromatic heterocycles. The van der Waals surface area contributed by atoms with Gasteiger partial charge in [0.1, 0.15) is 5.69 Å². The minimum atomic E-state index is -0.417. The molecule has 0 spiro atoms. The first-order valence-electron chi connectivity index (χ1n) is 7.31. The van der Waals surface area contributed by atoms with Crippen LogP contribution >= 0.6 is 0 Å². The summed E-state index contributed by atoms with van der Waals surface area (Å²) in [4.78, 5) is 28.2. The van der Waals surface area contributed by atoms with Crippen LogP contribution in [0.25, 0.3) is 10.9 Å². The van der Waals surface area contributed by atoms with Crippen molar-refractivity contribution >= 4 is 28.2 Å². The van der Waals surface area contributed by atoms with Crippen LogP contribution in [0.3, 0.4) is 0 Å². The Morgan fingerprint density at radius 1 is 1.13 bits per heavy atom. The Kier molecular flexibility index (Phi) is 2.90. The largest absolute Gasteiger partial charge is 0.350 e. The van der Waals surface area contributed by atoms with E-state index in [4.69, 9.17) is 0 Å². The van der Waals surface area contributed by atoms with Crippen LogP contribution in [0.4, 0.5) is 11.4 Å². The number of para-hydroxylation sites is 1. The van der Waals surface area contributed by atoms with Crippen LogP contribution in [0.2, 0.25) is 0 Å². The molecule has 6 heteroatoms. The molecule has 6 nitrogen and oxygen atoms in total. The number of H-pyrrole nitrogens is 1. The molecule has 1 aliphatic rings. The van der Waals surface area contributed by atoms with Crippen molar-refractivity contribution < 1.29 is 9.72 Å². The van der Waals surface area contributed by atoms with Crippen molar-refractivity contribution in [2.45, 2.75) is 6.42 Å². The molecular formula is C17H13N3O3. The lowest BCUT2D eigenvalue weighted by atomic mass is 10.0. The van der Waals surface area contributed by atoms with Gasteiger partial charge in [0.15, 0.2) is 0 Å². The predicted octanol–water partition coefficient (Wildman–Crippen LogP) is 3.28. The maximum absolute atomic E-state index is 12.8. The van der Waals surface area contributed by atoms with Crippen molar-refractivity contribution in [3.63, 3.8) is 0 Å². The van der Waals surface area contributed by atoms with E-state index < -0.39 is 4.92 Å². The molecule has 1 aliphatic heterocycles. The van der Waals surface area contributed by atoms with Crippen LogP contribution in [0.5, 0.6) is 0 Å². The van der Waals surface area contributed by atoms with Crippen molar-refractivity contribution in [2.75, 3.05) is 11.4 Å². The number of nitro groups is 1. The SMILES string of the molecule is O=C1c2[nH]c3ccc([N+](=O)[O-])cc3c2CCN1c1ccccc1. The zero-order valence-corrected chi connectivity index (χ0v) is 12.2. The molecule has 1 N–H and O–H groups in total. The minimum absolute atomic E-state index is 0.0391. The zero-order chi connectivity index (χ0) is 16.0. The number of aromatic nitrogens is 1. The van der Waals surface area contributed by atoms with Gasteiger partial charge in [-0.3, -0.25) is 14.9 Å². The summed E-state index contributed by atoms with van der Waals surface area (Å²) in [6, 6.07) is 14.1. The van der Waals surface area contributed by atoms with E-state index in [-0.39, 0.29) is 11.6 Å². The summed E-state index contributed by atoms with van der Waals surface area (Å²) in [6.07, 6.45) is 0.664. The number of rotatable bonds is 2. The second-order valence-electron chi connectivity index (χ2n) is 5.51. The Morgan fingerprint density at radius 2 is 1.91 bits per heavy atom. The summed E-state index contributed by atoms with van der Waals surface area (Å²) in [7, 11) is 0. The molecular weight excluding hydrogens is 294 g/mol. The predicted molar refractivity (Wildman–Crippen MR) is 86.8 cm³/mol. The number of carbonyl (C=O) groups is 1. The van der Waals surface area contributed by atoms with Gasteiger partial charge < -0.3 is 9.88 Å². The molecule has 1 amide bonds. The van der Waals surface area contributed by atoms with Crippen LogP contribution in [0.15, 0.2) is 48.5 Å². The summed E-state index contributed by atoms with van der Waals surface area (Å²) < 4.78 is 0. The lowest BCUT2D eigenvalue weighted by Gasteiger charge is -2.26. The molecule has 2 aromatic carbocycles. The Hall–Kier alpha value is -3.15. The van der Waals surface area contributed by atoms with Gasteiger partial charge in [0.2, 0.25) is 0 Å². The van der Waals surface area contributed by atoms with E-state index in [2.05, 4.69) is 4.98 Å². The fraction of sp³-hybridized carbons (Fsp3) is 0.118. The van der Waals surface area contributed by atoms with E-state index in [1.807, 2.05) is 30.3 Å². The molecule has 23 heavy (non-hydrogen) atoms. The Balaban J connectivity index is 1.82. The molecule has 114 valence electrons. The number of hydrogen-bond acceptors (Lipinski definition) is 3. The van der Waals surface area contributed by atoms with Crippen LogP contribution in [-0.4, -0.2) is 22.4 Å². The first-order chi connectivity index (χ1) is 11.1. The van der Waals surface area contributed by atoms with Gasteiger partial charge in [-0.1, -0.05) is 18.2 Å². The van der Waals surface area contributed by atoms with E-state index in [1.54, 1.807) is 11.0 Å². The third-order valence-electron chi connectivity index (χ3n) is 4.21. The maximum atomic E-state index is 12.8. The normalized spacial score (nSPS) is 14.1. The molecule has 3 aromatic rings. The number of nitrogens with zero attached hydrogens (tertiary/aromatic N) is 2. The van der Waals surface area contributed by atoms with Crippen molar-refractivity contribution in [2.24, 2.45) is 0 Å². The van der Waals surface area contributed by atoms with Crippen LogP contribution in [0, 0.1) is 10.1 Å². The lowest BCUT2D eigenvalue weighted by Crippen LogP contribution is -2.37. The Labute approximate surface area is 131 Å². The summed E-state index contributed by atoms with van der Waals surface area (Å²) in [5.74, 6) is -0.101. The van der Waals surface area contributed by atoms with Gasteiger partial charge in [0.25, 0.3) is 11.6 Å². The zero-order valence-electron chi connectivity index (χ0n) is 12.2. The monoisotopic (exact) mass is 307 g/mol. The molecule has 0 atom stereocenters. The van der Waals surface area contributed by atoms with Gasteiger partial charge in [-0.15, -0.1) is 0 Å². The van der Waals surface area contributed by atoms with Gasteiger partial charge in [-0.25, -0.2) is 0 Å². The molecule has 0 aliphatic carbocycles. The van der Waals surface area contributed by atoms with E-state index >= 15 is 0 Å². The Bertz CT molecular complexity index is 931. The first kappa shape index (κ1) is 13.5. The Morgan fingerprint density at radius 3 is 2.65 bits per heavy atom. The molecule has 2 heterocycles. The fourth-order valence-electron chi connectivity index (χ4n) is 3.11. The summed E-state index contributed by atoms with van der Waals surface area (Å²) in [5.41, 5.74) is 3.03. The van der Waals surface area contributed by atoms with Crippen molar-refractivity contribution in [3.8, 4) is 0 Å². The highest BCUT2D eigenvalue weighted by molar-refractivity contribution is 6.10. The number of non-ortho nitro benzene ring substituents is 1. The number of hydrogen-bond donors (Lipinski definition) is 1. The molecule has 4 rings (SSSR count). The molecule has 0 unspecified atom stereocenters. The van der Waals surface area contributed by atoms with Gasteiger partial charge in [-0.05, 0) is 30.2 Å². The van der Waals surface area contributed by atoms with Crippen molar-refractivity contribution in [3.05, 3.63) is 69.9 Å². The van der Waals surface area contributed by atoms with Gasteiger partial charge in [-0.2, -0.15) is 0 Å². The fourth-order valence-corrected chi connectivity index (χ4v) is 3.11. The molecule has 0 saturated heterocycles. The van der Waals surface area contributed by atoms with Crippen LogP contribution in [0.1, 0.15) is 16.1 Å². The summed E-state index contributed by atoms with van der Waals surface area (Å²) >= 11 is 0. The lowest BCUT2D eigenvalue weighted by molar-refractivity contribution is -0.384. The average molecular weight is 307 g/mol. The molecule has 0 fully saturated rings. The summed E-state index contributed by atoms with van der Waals surface area (Å²) in [6.45, 7) is 0.561. The second kappa shape index (κ2) is 4.95. The molecule has 0 radical (unpaired) electrons. The number of anilines is 1. The summed E-state index contributed by atoms with van der Waals surface area (Å²) in [5, 5.41) is 11.7. The molecule has 0 saturated carbocycles. The standard InChI is InChI=1S/C17H13N3O3/c21-17-16-13(8-9-19(17)11-4-2-1-3-5-11)14-10-12(20(22)23)6-7-15(14)18-16/h1-7,10,18H,8-9H2. The highest BCUT2D eigenvalue weighted by Crippen LogP contribution is 2.31. The molecule has 0 bridgehead atoms. The van der Waals surface area contributed by atoms with Crippen molar-refractivity contribution in [1.29, 1.82) is 0 Å². The van der Waals surface area contributed by atoms with E-state index in [9.17, 15) is 14.9 Å². The van der Waals surface area contributed by atoms with E-state index in [0.29, 0.717) is 18.7 Å². The third-order valence-corrected chi connectivity index (χ3v) is 4.21. The van der Waals surface area contributed by atoms with Crippen molar-refractivity contribution in [1.82, 2.24) is 4.98 Å². The first-order valence-corrected chi connectivity index (χ1v) is 7.31. The highest BCUT2D eigenvalue weighted by Gasteiger charge is 2.29. The van der Waals surface area contributed by atoms with Crippen LogP contribution < -0.4 is 4.90 Å². The highest BCUT2D eigenvalue weighted by atomic mass is 16.6. The topological polar surface area (TPSA) is 79.2 Å². The van der Waals surface area contributed by atoms with E-state index in [0.717, 1.165) is 22.2 Å². The average Bonchev–Trinajstić information content (AvgIpc) is 2.95. The van der Waals surface area contributed by atoms with Gasteiger partial charge >= 0.3 is 0 Å². The number of aromatic amines is 1. The number of amides is 1. The number of benzene rings is 2. The maximum Gasteiger partial charge on any atom is 0.275 e. The number of carbonyl (C=O) groups excluding carboxylic acids is 1. The smallest absolute Gasteiger partial charge is 0.275 e. The quantitative estimate of drug-likeness (QED) is 0.583. The third kappa shape index (κ3) is 2.07. The number of nitrogens with one attached hydrogen (secondary N) is 1. The number of fused-ring (bicyclic) bond motifs is 3. The van der Waals surface area contributed by atoms with Crippen LogP contribution in [-0.2, 0) is 6.42 Å².